The molecule has 4 heteroatoms. The highest BCUT2D eigenvalue weighted by atomic mass is 16.5. The number of carbonyl (C=O) groups excluding carboxylic acids is 1. The molecular weight excluding hydrogens is 532 g/mol. The average molecular weight is 599 g/mol. The third-order valence-electron chi connectivity index (χ3n) is 7.49. The van der Waals surface area contributed by atoms with Crippen LogP contribution in [0.25, 0.3) is 0 Å². The molecule has 0 aliphatic carbocycles. The second kappa shape index (κ2) is 34.1. The number of hydrogen-bond donors (Lipinski definition) is 1. The van der Waals surface area contributed by atoms with E-state index in [1.807, 2.05) is 6.92 Å². The number of hydrogen-bond acceptors (Lipinski definition) is 3. The highest BCUT2D eigenvalue weighted by Crippen LogP contribution is 2.14. The first-order chi connectivity index (χ1) is 21.1. The van der Waals surface area contributed by atoms with Gasteiger partial charge in [-0.25, -0.2) is 0 Å². The molecule has 0 radical (unpaired) electrons. The molecule has 0 heterocycles. The summed E-state index contributed by atoms with van der Waals surface area (Å²) >= 11 is 0. The summed E-state index contributed by atoms with van der Waals surface area (Å²) in [4.78, 5) is 22.6. The van der Waals surface area contributed by atoms with Crippen molar-refractivity contribution in [3.8, 4) is 0 Å². The van der Waals surface area contributed by atoms with Crippen LogP contribution in [-0.2, 0) is 14.3 Å². The number of carboxylic acids is 1. The standard InChI is InChI=1S/C39H66O4/c1-3-4-5-6-7-8-9-10-11-12-13-14-15-16-17-18-19-24-27-30-33-36-39(42)43-37(2)34-31-28-25-22-20-21-23-26-29-32-35-38(40)41/h4-5,7-8,10-11,13-14,16-17,37H,3,6,9,12,15,18-36H2,1-2H3,(H,40,41)/b5-4-,8-7-,11-10-,14-13-,17-16-. The fourth-order valence-corrected chi connectivity index (χ4v) is 4.89. The number of aliphatic carboxylic acids is 1. The molecule has 0 aromatic heterocycles. The summed E-state index contributed by atoms with van der Waals surface area (Å²) in [5.41, 5.74) is 0. The van der Waals surface area contributed by atoms with Crippen LogP contribution in [0.1, 0.15) is 168 Å². The summed E-state index contributed by atoms with van der Waals surface area (Å²) in [6, 6.07) is 0. The third-order valence-corrected chi connectivity index (χ3v) is 7.49. The fraction of sp³-hybridized carbons (Fsp3) is 0.692. The van der Waals surface area contributed by atoms with Crippen LogP contribution in [0.15, 0.2) is 60.8 Å². The molecule has 246 valence electrons. The summed E-state index contributed by atoms with van der Waals surface area (Å²) in [6.45, 7) is 4.18. The Morgan fingerprint density at radius 2 is 0.930 bits per heavy atom. The minimum absolute atomic E-state index is 0.0294. The summed E-state index contributed by atoms with van der Waals surface area (Å²) < 4.78 is 5.60. The van der Waals surface area contributed by atoms with Crippen molar-refractivity contribution in [2.75, 3.05) is 0 Å². The van der Waals surface area contributed by atoms with Gasteiger partial charge >= 0.3 is 11.9 Å². The van der Waals surface area contributed by atoms with E-state index >= 15 is 0 Å². The lowest BCUT2D eigenvalue weighted by Gasteiger charge is -2.13. The summed E-state index contributed by atoms with van der Waals surface area (Å²) in [7, 11) is 0. The van der Waals surface area contributed by atoms with Gasteiger partial charge in [0, 0.05) is 12.8 Å². The molecule has 0 aliphatic rings. The van der Waals surface area contributed by atoms with Gasteiger partial charge in [-0.1, -0.05) is 138 Å². The van der Waals surface area contributed by atoms with Gasteiger partial charge in [0.25, 0.3) is 0 Å². The average Bonchev–Trinajstić information content (AvgIpc) is 2.98. The zero-order chi connectivity index (χ0) is 31.5. The van der Waals surface area contributed by atoms with E-state index in [-0.39, 0.29) is 12.1 Å². The Balaban J connectivity index is 3.45. The van der Waals surface area contributed by atoms with E-state index in [4.69, 9.17) is 9.84 Å². The van der Waals surface area contributed by atoms with Crippen molar-refractivity contribution in [3.05, 3.63) is 60.8 Å². The Bertz CT molecular complexity index is 774. The molecule has 0 saturated heterocycles. The molecule has 0 aromatic carbocycles. The maximum Gasteiger partial charge on any atom is 0.306 e. The Morgan fingerprint density at radius 1 is 0.535 bits per heavy atom. The fourth-order valence-electron chi connectivity index (χ4n) is 4.89. The highest BCUT2D eigenvalue weighted by molar-refractivity contribution is 5.69. The first-order valence-corrected chi connectivity index (χ1v) is 17.7. The predicted molar refractivity (Wildman–Crippen MR) is 185 cm³/mol. The Hall–Kier alpha value is -2.36. The van der Waals surface area contributed by atoms with Gasteiger partial charge in [-0.2, -0.15) is 0 Å². The first kappa shape index (κ1) is 40.6. The Labute approximate surface area is 265 Å². The summed E-state index contributed by atoms with van der Waals surface area (Å²) in [5, 5.41) is 8.64. The minimum atomic E-state index is -0.681. The van der Waals surface area contributed by atoms with Crippen molar-refractivity contribution < 1.29 is 19.4 Å². The number of carboxylic acid groups (broad SMARTS) is 1. The van der Waals surface area contributed by atoms with E-state index in [1.165, 1.54) is 57.8 Å². The molecular formula is C39H66O4. The van der Waals surface area contributed by atoms with Gasteiger partial charge in [-0.15, -0.1) is 0 Å². The maximum absolute atomic E-state index is 12.1. The highest BCUT2D eigenvalue weighted by Gasteiger charge is 2.09. The number of unbranched alkanes of at least 4 members (excludes halogenated alkanes) is 14. The van der Waals surface area contributed by atoms with Gasteiger partial charge in [0.05, 0.1) is 6.10 Å². The van der Waals surface area contributed by atoms with Crippen LogP contribution >= 0.6 is 0 Å². The molecule has 43 heavy (non-hydrogen) atoms. The number of ether oxygens (including phenoxy) is 1. The van der Waals surface area contributed by atoms with Crippen molar-refractivity contribution in [2.45, 2.75) is 174 Å². The van der Waals surface area contributed by atoms with Gasteiger partial charge in [-0.05, 0) is 77.6 Å². The van der Waals surface area contributed by atoms with E-state index in [9.17, 15) is 9.59 Å². The van der Waals surface area contributed by atoms with Crippen LogP contribution < -0.4 is 0 Å². The molecule has 0 saturated carbocycles. The molecule has 1 N–H and O–H groups in total. The SMILES string of the molecule is CC/C=C\C/C=C\C/C=C\C/C=C\C/C=C\CCCCCCCC(=O)OC(C)CCCCCCCCCCCCC(=O)O. The number of rotatable bonds is 31. The van der Waals surface area contributed by atoms with Gasteiger partial charge in [0.1, 0.15) is 0 Å². The predicted octanol–water partition coefficient (Wildman–Crippen LogP) is 12.2. The quantitative estimate of drug-likeness (QED) is 0.0490. The first-order valence-electron chi connectivity index (χ1n) is 17.7. The lowest BCUT2D eigenvalue weighted by Crippen LogP contribution is -2.14. The van der Waals surface area contributed by atoms with Crippen LogP contribution in [0.4, 0.5) is 0 Å². The molecule has 0 bridgehead atoms. The van der Waals surface area contributed by atoms with Crippen molar-refractivity contribution in [3.63, 3.8) is 0 Å². The van der Waals surface area contributed by atoms with E-state index in [0.29, 0.717) is 12.8 Å². The normalized spacial score (nSPS) is 13.0. The van der Waals surface area contributed by atoms with Crippen LogP contribution in [0.2, 0.25) is 0 Å². The molecule has 1 unspecified atom stereocenters. The lowest BCUT2D eigenvalue weighted by atomic mass is 10.0. The Kier molecular flexibility index (Phi) is 32.3. The maximum atomic E-state index is 12.1. The molecule has 0 rings (SSSR count). The zero-order valence-corrected chi connectivity index (χ0v) is 28.0. The van der Waals surface area contributed by atoms with Crippen molar-refractivity contribution in [1.29, 1.82) is 0 Å². The van der Waals surface area contributed by atoms with Crippen molar-refractivity contribution in [1.82, 2.24) is 0 Å². The Morgan fingerprint density at radius 3 is 1.42 bits per heavy atom. The smallest absolute Gasteiger partial charge is 0.306 e. The second-order valence-electron chi connectivity index (χ2n) is 11.8. The van der Waals surface area contributed by atoms with Crippen LogP contribution in [0, 0.1) is 0 Å². The molecule has 1 atom stereocenters. The minimum Gasteiger partial charge on any atom is -0.481 e. The van der Waals surface area contributed by atoms with Crippen LogP contribution in [0.5, 0.6) is 0 Å². The van der Waals surface area contributed by atoms with Gasteiger partial charge in [-0.3, -0.25) is 9.59 Å². The van der Waals surface area contributed by atoms with Crippen molar-refractivity contribution >= 4 is 11.9 Å². The van der Waals surface area contributed by atoms with Gasteiger partial charge in [0.15, 0.2) is 0 Å². The number of esters is 1. The number of carbonyl (C=O) groups is 2. The van der Waals surface area contributed by atoms with E-state index in [0.717, 1.165) is 83.5 Å². The monoisotopic (exact) mass is 598 g/mol. The van der Waals surface area contributed by atoms with E-state index < -0.39 is 5.97 Å². The summed E-state index contributed by atoms with van der Waals surface area (Å²) in [5.74, 6) is -0.714. The van der Waals surface area contributed by atoms with Gasteiger partial charge in [0.2, 0.25) is 0 Å². The molecule has 0 aromatic rings. The van der Waals surface area contributed by atoms with E-state index in [2.05, 4.69) is 67.7 Å². The molecule has 0 spiro atoms. The molecule has 4 nitrogen and oxygen atoms in total. The van der Waals surface area contributed by atoms with Crippen molar-refractivity contribution in [2.24, 2.45) is 0 Å². The second-order valence-corrected chi connectivity index (χ2v) is 11.8. The topological polar surface area (TPSA) is 63.6 Å². The summed E-state index contributed by atoms with van der Waals surface area (Å²) in [6.07, 6.45) is 47.9. The third kappa shape index (κ3) is 35.7. The zero-order valence-electron chi connectivity index (χ0n) is 28.0. The molecule has 0 fully saturated rings. The number of allylic oxidation sites excluding steroid dienone is 10. The molecule has 0 amide bonds. The van der Waals surface area contributed by atoms with Gasteiger partial charge < -0.3 is 9.84 Å². The van der Waals surface area contributed by atoms with Crippen LogP contribution in [-0.4, -0.2) is 23.1 Å². The lowest BCUT2D eigenvalue weighted by molar-refractivity contribution is -0.148. The van der Waals surface area contributed by atoms with Crippen LogP contribution in [0.3, 0.4) is 0 Å². The largest absolute Gasteiger partial charge is 0.481 e. The van der Waals surface area contributed by atoms with E-state index in [1.54, 1.807) is 0 Å². The molecule has 0 aliphatic heterocycles.